The molecule has 0 aliphatic rings. The first-order valence-corrected chi connectivity index (χ1v) is 27.3. The van der Waals surface area contributed by atoms with E-state index >= 15 is 0 Å². The molecule has 0 saturated carbocycles. The van der Waals surface area contributed by atoms with Crippen LogP contribution in [0, 0.1) is 0 Å². The van der Waals surface area contributed by atoms with E-state index in [1.165, 1.54) is 243 Å². The molecule has 0 saturated heterocycles. The van der Waals surface area contributed by atoms with Gasteiger partial charge in [-0.15, -0.1) is 0 Å². The lowest BCUT2D eigenvalue weighted by Gasteiger charge is -2.14. The van der Waals surface area contributed by atoms with Crippen LogP contribution in [-0.4, -0.2) is 12.3 Å². The van der Waals surface area contributed by atoms with Gasteiger partial charge in [0.25, 0.3) is 0 Å². The first-order valence-electron chi connectivity index (χ1n) is 24.0. The third-order valence-electron chi connectivity index (χ3n) is 10.7. The third kappa shape index (κ3) is 42.6. The molecule has 0 atom stereocenters. The molecule has 0 aromatic rings. The van der Waals surface area contributed by atoms with Crippen molar-refractivity contribution in [3.8, 4) is 0 Å². The molecule has 0 nitrogen and oxygen atoms in total. The maximum Gasteiger partial charge on any atom is -0.0211 e. The van der Waals surface area contributed by atoms with Crippen LogP contribution in [0.25, 0.3) is 0 Å². The quantitative estimate of drug-likeness (QED) is 0.0429. The van der Waals surface area contributed by atoms with Gasteiger partial charge in [-0.2, -0.15) is 0 Å². The van der Waals surface area contributed by atoms with Crippen molar-refractivity contribution < 1.29 is 0 Å². The van der Waals surface area contributed by atoms with Crippen molar-refractivity contribution in [2.24, 2.45) is 0 Å². The average molecular weight is 759 g/mol. The predicted molar refractivity (Wildman–Crippen MR) is 249 cm³/mol. The molecule has 0 rings (SSSR count). The minimum atomic E-state index is -0.142. The van der Waals surface area contributed by atoms with Crippen molar-refractivity contribution in [2.45, 2.75) is 259 Å². The Hall–Kier alpha value is -0.180. The summed E-state index contributed by atoms with van der Waals surface area (Å²) in [7, 11) is -0.283. The summed E-state index contributed by atoms with van der Waals surface area (Å²) >= 11 is 0. The third-order valence-corrected chi connectivity index (χ3v) is 14.9. The van der Waals surface area contributed by atoms with E-state index in [0.29, 0.717) is 0 Å². The minimum absolute atomic E-state index is 0.142. The Balaban J connectivity index is 5.00. The second kappa shape index (κ2) is 47.0. The average Bonchev–Trinajstić information content (AvgIpc) is 3.15. The lowest BCUT2D eigenvalue weighted by atomic mass is 10.1. The van der Waals surface area contributed by atoms with Gasteiger partial charge in [-0.1, -0.05) is 271 Å². The Morgan fingerprint density at radius 1 is 0.231 bits per heavy atom. The molecule has 0 fully saturated rings. The minimum Gasteiger partial charge on any atom is -0.0838 e. The predicted octanol–water partition coefficient (Wildman–Crippen LogP) is 20.1. The Labute approximate surface area is 333 Å². The molecule has 0 radical (unpaired) electrons. The second-order valence-electron chi connectivity index (χ2n) is 16.1. The van der Waals surface area contributed by atoms with E-state index in [9.17, 15) is 0 Å². The molecular formula is C50H96P2. The van der Waals surface area contributed by atoms with Crippen LogP contribution in [0.5, 0.6) is 0 Å². The van der Waals surface area contributed by atoms with Crippen LogP contribution in [0.3, 0.4) is 0 Å². The van der Waals surface area contributed by atoms with Gasteiger partial charge in [0.2, 0.25) is 0 Å². The van der Waals surface area contributed by atoms with Gasteiger partial charge in [0.15, 0.2) is 0 Å². The molecule has 0 heterocycles. The van der Waals surface area contributed by atoms with Crippen molar-refractivity contribution in [1.82, 2.24) is 0 Å². The van der Waals surface area contributed by atoms with Gasteiger partial charge in [0.1, 0.15) is 0 Å². The van der Waals surface area contributed by atoms with Crippen LogP contribution in [0.15, 0.2) is 47.6 Å². The maximum atomic E-state index is 2.66. The zero-order valence-electron chi connectivity index (χ0n) is 36.4. The van der Waals surface area contributed by atoms with Crippen molar-refractivity contribution in [1.29, 1.82) is 0 Å². The molecule has 0 bridgehead atoms. The van der Waals surface area contributed by atoms with Gasteiger partial charge in [0, 0.05) is 0 Å². The Kier molecular flexibility index (Phi) is 46.8. The van der Waals surface area contributed by atoms with Crippen LogP contribution < -0.4 is 0 Å². The fraction of sp³-hybridized carbons (Fsp3) is 0.840. The van der Waals surface area contributed by atoms with Crippen LogP contribution in [0.1, 0.15) is 259 Å². The van der Waals surface area contributed by atoms with E-state index in [-0.39, 0.29) is 15.8 Å². The van der Waals surface area contributed by atoms with Crippen LogP contribution in [0.2, 0.25) is 0 Å². The fourth-order valence-corrected chi connectivity index (χ4v) is 11.4. The van der Waals surface area contributed by atoms with E-state index in [0.717, 1.165) is 0 Å². The Morgan fingerprint density at radius 2 is 0.404 bits per heavy atom. The summed E-state index contributed by atoms with van der Waals surface area (Å²) in [4.78, 5) is 0. The normalized spacial score (nSPS) is 13.5. The van der Waals surface area contributed by atoms with E-state index in [4.69, 9.17) is 0 Å². The first kappa shape index (κ1) is 51.8. The Bertz CT molecular complexity index is 640. The highest BCUT2D eigenvalue weighted by atomic mass is 31.1. The Morgan fingerprint density at radius 3 is 0.596 bits per heavy atom. The van der Waals surface area contributed by atoms with Gasteiger partial charge >= 0.3 is 0 Å². The summed E-state index contributed by atoms with van der Waals surface area (Å²) < 4.78 is 0. The molecule has 0 aliphatic heterocycles. The number of rotatable bonds is 43. The smallest absolute Gasteiger partial charge is 0.0211 e. The number of allylic oxidation sites excluding steroid dienone is 4. The van der Waals surface area contributed by atoms with Crippen molar-refractivity contribution in [3.63, 3.8) is 0 Å². The summed E-state index contributed by atoms with van der Waals surface area (Å²) in [5, 5.41) is 0. The second-order valence-corrected chi connectivity index (χ2v) is 20.2. The van der Waals surface area contributed by atoms with Gasteiger partial charge in [-0.05, 0) is 63.7 Å². The van der Waals surface area contributed by atoms with Crippen molar-refractivity contribution in [2.75, 3.05) is 12.3 Å². The van der Waals surface area contributed by atoms with Crippen molar-refractivity contribution in [3.05, 3.63) is 47.6 Å². The molecule has 0 unspecified atom stereocenters. The zero-order chi connectivity index (χ0) is 37.7. The largest absolute Gasteiger partial charge is 0.0838 e. The summed E-state index contributed by atoms with van der Waals surface area (Å²) in [5.41, 5.74) is 0. The molecule has 52 heavy (non-hydrogen) atoms. The monoisotopic (exact) mass is 759 g/mol. The van der Waals surface area contributed by atoms with Crippen LogP contribution in [-0.2, 0) is 0 Å². The van der Waals surface area contributed by atoms with Gasteiger partial charge in [-0.25, -0.2) is 0 Å². The molecule has 0 aromatic carbocycles. The molecule has 0 amide bonds. The standard InChI is InChI=1S/C50H96P2/c1-5-9-13-17-21-25-29-33-37-41-45-51(46-42-38-34-30-26-22-18-14-10-6-2)49-50-52(47-43-39-35-31-27-23-19-15-11-7-3)48-44-40-36-32-28-24-20-16-12-8-4/h41-48H,5-40,49-50H2,1-4H3. The molecule has 2 heteroatoms. The summed E-state index contributed by atoms with van der Waals surface area (Å²) in [6, 6.07) is 0. The SMILES string of the molecule is CCCCCCCCCCC=CP(C=CCCCCCCCCCC)CCP(C=CCCCCCCCCCC)C=CCCCCCCCCCC. The summed E-state index contributed by atoms with van der Waals surface area (Å²) in [5.74, 6) is 10.6. The highest BCUT2D eigenvalue weighted by Crippen LogP contribution is 2.47. The van der Waals surface area contributed by atoms with Gasteiger partial charge in [-0.3, -0.25) is 0 Å². The maximum absolute atomic E-state index is 2.66. The topological polar surface area (TPSA) is 0 Å². The van der Waals surface area contributed by atoms with Gasteiger partial charge < -0.3 is 0 Å². The summed E-state index contributed by atoms with van der Waals surface area (Å²) in [6.07, 6.45) is 63.5. The summed E-state index contributed by atoms with van der Waals surface area (Å²) in [6.45, 7) is 9.27. The number of unbranched alkanes of at least 4 members (excludes halogenated alkanes) is 32. The molecule has 306 valence electrons. The van der Waals surface area contributed by atoms with E-state index in [2.05, 4.69) is 75.3 Å². The van der Waals surface area contributed by atoms with Gasteiger partial charge in [0.05, 0.1) is 0 Å². The van der Waals surface area contributed by atoms with E-state index in [1.54, 1.807) is 0 Å². The van der Waals surface area contributed by atoms with E-state index in [1.807, 2.05) is 0 Å². The van der Waals surface area contributed by atoms with E-state index < -0.39 is 0 Å². The molecule has 0 N–H and O–H groups in total. The molecule has 0 aromatic heterocycles. The van der Waals surface area contributed by atoms with Crippen LogP contribution >= 0.6 is 15.8 Å². The van der Waals surface area contributed by atoms with Crippen LogP contribution in [0.4, 0.5) is 0 Å². The zero-order valence-corrected chi connectivity index (χ0v) is 38.2. The highest BCUT2D eigenvalue weighted by Gasteiger charge is 2.06. The lowest BCUT2D eigenvalue weighted by Crippen LogP contribution is -1.87. The molecule has 0 aliphatic carbocycles. The number of hydrogen-bond acceptors (Lipinski definition) is 0. The van der Waals surface area contributed by atoms with Crippen molar-refractivity contribution >= 4 is 15.8 Å². The lowest BCUT2D eigenvalue weighted by molar-refractivity contribution is 0.577. The highest BCUT2D eigenvalue weighted by molar-refractivity contribution is 7.67. The first-order chi connectivity index (χ1) is 25.8. The molecule has 0 spiro atoms. The number of hydrogen-bond donors (Lipinski definition) is 0. The fourth-order valence-electron chi connectivity index (χ4n) is 7.05. The molecular weight excluding hydrogens is 662 g/mol.